The molecule has 176 valence electrons. The molecular formula is C27H35N3O3. The lowest BCUT2D eigenvalue weighted by Crippen LogP contribution is -2.41. The first kappa shape index (κ1) is 23.3. The summed E-state index contributed by atoms with van der Waals surface area (Å²) in [6, 6.07) is 12.1. The molecule has 0 aromatic heterocycles. The Morgan fingerprint density at radius 2 is 1.82 bits per heavy atom. The molecule has 0 aliphatic carbocycles. The Hall–Kier alpha value is -2.86. The van der Waals surface area contributed by atoms with Crippen molar-refractivity contribution in [3.63, 3.8) is 0 Å². The van der Waals surface area contributed by atoms with E-state index in [2.05, 4.69) is 43.9 Å². The number of rotatable bonds is 6. The Bertz CT molecular complexity index is 1040. The summed E-state index contributed by atoms with van der Waals surface area (Å²) in [4.78, 5) is 15.8. The standard InChI is InChI=1S/C27H35N3O3/c1-18-10-12-29(13-11-18)17-27(31)30-25(22-8-6-19(2)14-20(22)3)16-24(28-30)23-9-7-21(32-4)15-26(23)33-5/h6-9,14-15,18,25H,10-13,16-17H2,1-5H3/t25-/m0/s1. The number of benzene rings is 2. The molecule has 2 aliphatic rings. The second-order valence-electron chi connectivity index (χ2n) is 9.39. The Balaban J connectivity index is 1.66. The fraction of sp³-hybridized carbons (Fsp3) is 0.481. The van der Waals surface area contributed by atoms with Crippen LogP contribution in [0.5, 0.6) is 11.5 Å². The average molecular weight is 450 g/mol. The molecule has 2 aromatic carbocycles. The van der Waals surface area contributed by atoms with E-state index in [0.29, 0.717) is 18.7 Å². The number of aryl methyl sites for hydroxylation is 2. The minimum atomic E-state index is -0.122. The van der Waals surface area contributed by atoms with Crippen molar-refractivity contribution in [2.75, 3.05) is 33.9 Å². The fourth-order valence-electron chi connectivity index (χ4n) is 4.87. The van der Waals surface area contributed by atoms with Crippen molar-refractivity contribution < 1.29 is 14.3 Å². The van der Waals surface area contributed by atoms with Gasteiger partial charge in [0.2, 0.25) is 0 Å². The monoisotopic (exact) mass is 449 g/mol. The SMILES string of the molecule is COc1ccc(C2=NN(C(=O)CN3CCC(C)CC3)[C@H](c3ccc(C)cc3C)C2)c(OC)c1. The minimum absolute atomic E-state index is 0.0528. The highest BCUT2D eigenvalue weighted by molar-refractivity contribution is 6.05. The van der Waals surface area contributed by atoms with Gasteiger partial charge < -0.3 is 9.47 Å². The zero-order valence-electron chi connectivity index (χ0n) is 20.4. The minimum Gasteiger partial charge on any atom is -0.497 e. The van der Waals surface area contributed by atoms with E-state index in [4.69, 9.17) is 14.6 Å². The van der Waals surface area contributed by atoms with E-state index in [0.717, 1.165) is 54.4 Å². The third-order valence-corrected chi connectivity index (χ3v) is 6.90. The normalized spacial score (nSPS) is 19.5. The summed E-state index contributed by atoms with van der Waals surface area (Å²) in [5.74, 6) is 2.22. The summed E-state index contributed by atoms with van der Waals surface area (Å²) in [6.45, 7) is 8.84. The first-order chi connectivity index (χ1) is 15.9. The van der Waals surface area contributed by atoms with Crippen molar-refractivity contribution in [2.45, 2.75) is 46.1 Å². The molecule has 2 aromatic rings. The van der Waals surface area contributed by atoms with Gasteiger partial charge in [-0.25, -0.2) is 5.01 Å². The van der Waals surface area contributed by atoms with Crippen LogP contribution < -0.4 is 9.47 Å². The number of piperidine rings is 1. The van der Waals surface area contributed by atoms with E-state index >= 15 is 0 Å². The first-order valence-corrected chi connectivity index (χ1v) is 11.8. The maximum Gasteiger partial charge on any atom is 0.257 e. The largest absolute Gasteiger partial charge is 0.497 e. The molecule has 6 heteroatoms. The number of likely N-dealkylation sites (tertiary alicyclic amines) is 1. The van der Waals surface area contributed by atoms with Crippen molar-refractivity contribution >= 4 is 11.6 Å². The molecule has 33 heavy (non-hydrogen) atoms. The van der Waals surface area contributed by atoms with E-state index in [1.54, 1.807) is 19.2 Å². The van der Waals surface area contributed by atoms with Gasteiger partial charge in [-0.15, -0.1) is 0 Å². The summed E-state index contributed by atoms with van der Waals surface area (Å²) in [7, 11) is 3.29. The summed E-state index contributed by atoms with van der Waals surface area (Å²) >= 11 is 0. The van der Waals surface area contributed by atoms with Crippen LogP contribution >= 0.6 is 0 Å². The Kier molecular flexibility index (Phi) is 7.03. The van der Waals surface area contributed by atoms with E-state index < -0.39 is 0 Å². The molecule has 0 unspecified atom stereocenters. The number of ether oxygens (including phenoxy) is 2. The highest BCUT2D eigenvalue weighted by Gasteiger charge is 2.35. The van der Waals surface area contributed by atoms with Crippen molar-refractivity contribution in [3.05, 3.63) is 58.7 Å². The zero-order valence-corrected chi connectivity index (χ0v) is 20.4. The summed E-state index contributed by atoms with van der Waals surface area (Å²) in [5.41, 5.74) is 5.30. The molecule has 2 heterocycles. The van der Waals surface area contributed by atoms with Gasteiger partial charge in [0, 0.05) is 18.1 Å². The molecule has 0 spiro atoms. The van der Waals surface area contributed by atoms with Crippen LogP contribution in [0, 0.1) is 19.8 Å². The average Bonchev–Trinajstić information content (AvgIpc) is 3.25. The molecule has 1 atom stereocenters. The molecule has 1 fully saturated rings. The van der Waals surface area contributed by atoms with Crippen LogP contribution in [0.1, 0.15) is 54.5 Å². The van der Waals surface area contributed by atoms with Gasteiger partial charge in [0.15, 0.2) is 0 Å². The predicted octanol–water partition coefficient (Wildman–Crippen LogP) is 4.73. The van der Waals surface area contributed by atoms with Crippen molar-refractivity contribution in [1.82, 2.24) is 9.91 Å². The molecule has 4 rings (SSSR count). The molecular weight excluding hydrogens is 414 g/mol. The maximum absolute atomic E-state index is 13.5. The number of amides is 1. The molecule has 1 saturated heterocycles. The van der Waals surface area contributed by atoms with Crippen LogP contribution in [0.3, 0.4) is 0 Å². The number of carbonyl (C=O) groups excluding carboxylic acids is 1. The Labute approximate surface area is 197 Å². The van der Waals surface area contributed by atoms with E-state index in [1.165, 1.54) is 11.1 Å². The third-order valence-electron chi connectivity index (χ3n) is 6.90. The van der Waals surface area contributed by atoms with Gasteiger partial charge in [-0.2, -0.15) is 5.10 Å². The van der Waals surface area contributed by atoms with Crippen LogP contribution in [-0.2, 0) is 4.79 Å². The van der Waals surface area contributed by atoms with Crippen LogP contribution in [0.15, 0.2) is 41.5 Å². The summed E-state index contributed by atoms with van der Waals surface area (Å²) in [5, 5.41) is 6.59. The number of hydrogen-bond acceptors (Lipinski definition) is 5. The van der Waals surface area contributed by atoms with Crippen molar-refractivity contribution in [1.29, 1.82) is 0 Å². The Morgan fingerprint density at radius 3 is 2.48 bits per heavy atom. The maximum atomic E-state index is 13.5. The lowest BCUT2D eigenvalue weighted by molar-refractivity contribution is -0.134. The van der Waals surface area contributed by atoms with E-state index in [1.807, 2.05) is 18.2 Å². The molecule has 0 saturated carbocycles. The zero-order chi connectivity index (χ0) is 23.5. The van der Waals surface area contributed by atoms with E-state index in [9.17, 15) is 4.79 Å². The second kappa shape index (κ2) is 9.96. The number of hydrogen-bond donors (Lipinski definition) is 0. The molecule has 1 amide bonds. The van der Waals surface area contributed by atoms with Crippen LogP contribution in [-0.4, -0.2) is 55.4 Å². The lowest BCUT2D eigenvalue weighted by Gasteiger charge is -2.31. The van der Waals surface area contributed by atoms with Crippen LogP contribution in [0.2, 0.25) is 0 Å². The predicted molar refractivity (Wildman–Crippen MR) is 131 cm³/mol. The second-order valence-corrected chi connectivity index (χ2v) is 9.39. The summed E-state index contributed by atoms with van der Waals surface area (Å²) < 4.78 is 11.0. The number of methoxy groups -OCH3 is 2. The van der Waals surface area contributed by atoms with Crippen LogP contribution in [0.4, 0.5) is 0 Å². The molecule has 6 nitrogen and oxygen atoms in total. The highest BCUT2D eigenvalue weighted by Crippen LogP contribution is 2.37. The number of carbonyl (C=O) groups is 1. The van der Waals surface area contributed by atoms with Gasteiger partial charge in [0.05, 0.1) is 32.5 Å². The van der Waals surface area contributed by atoms with E-state index in [-0.39, 0.29) is 11.9 Å². The molecule has 0 bridgehead atoms. The third kappa shape index (κ3) is 5.06. The van der Waals surface area contributed by atoms with Gasteiger partial charge in [-0.3, -0.25) is 9.69 Å². The molecule has 2 aliphatic heterocycles. The van der Waals surface area contributed by atoms with Crippen molar-refractivity contribution in [2.24, 2.45) is 11.0 Å². The smallest absolute Gasteiger partial charge is 0.257 e. The lowest BCUT2D eigenvalue weighted by atomic mass is 9.94. The molecule has 0 N–H and O–H groups in total. The van der Waals surface area contributed by atoms with Gasteiger partial charge >= 0.3 is 0 Å². The number of hydrazone groups is 1. The van der Waals surface area contributed by atoms with Gasteiger partial charge in [-0.1, -0.05) is 30.7 Å². The topological polar surface area (TPSA) is 54.4 Å². The fourth-order valence-corrected chi connectivity index (χ4v) is 4.87. The first-order valence-electron chi connectivity index (χ1n) is 11.8. The summed E-state index contributed by atoms with van der Waals surface area (Å²) in [6.07, 6.45) is 2.94. The van der Waals surface area contributed by atoms with Crippen LogP contribution in [0.25, 0.3) is 0 Å². The van der Waals surface area contributed by atoms with Gasteiger partial charge in [-0.05, 0) is 69.0 Å². The highest BCUT2D eigenvalue weighted by atomic mass is 16.5. The van der Waals surface area contributed by atoms with Gasteiger partial charge in [0.1, 0.15) is 11.5 Å². The van der Waals surface area contributed by atoms with Crippen molar-refractivity contribution in [3.8, 4) is 11.5 Å². The molecule has 0 radical (unpaired) electrons. The van der Waals surface area contributed by atoms with Gasteiger partial charge in [0.25, 0.3) is 5.91 Å². The number of nitrogens with zero attached hydrogens (tertiary/aromatic N) is 3. The Morgan fingerprint density at radius 1 is 1.06 bits per heavy atom. The quantitative estimate of drug-likeness (QED) is 0.640.